The van der Waals surface area contributed by atoms with Gasteiger partial charge >= 0.3 is 0 Å². The Balaban J connectivity index is 1.62. The summed E-state index contributed by atoms with van der Waals surface area (Å²) >= 11 is 0. The van der Waals surface area contributed by atoms with Crippen LogP contribution in [0.3, 0.4) is 0 Å². The Morgan fingerprint density at radius 1 is 0.812 bits per heavy atom. The number of Topliss-reactive ketones (excluding diaryl/α,β-unsaturated/α-hetero) is 1. The Morgan fingerprint density at radius 3 is 2.16 bits per heavy atom. The van der Waals surface area contributed by atoms with Crippen LogP contribution in [0.25, 0.3) is 0 Å². The van der Waals surface area contributed by atoms with Crippen LogP contribution in [0, 0.1) is 50.7 Å². The fraction of sp³-hybridized carbons (Fsp3) is 0.900. The normalized spacial score (nSPS) is 52.4. The van der Waals surface area contributed by atoms with Crippen LogP contribution in [0.4, 0.5) is 0 Å². The van der Waals surface area contributed by atoms with Crippen LogP contribution < -0.4 is 0 Å². The highest BCUT2D eigenvalue weighted by Gasteiger charge is 2.70. The number of hydrogen-bond donors (Lipinski definition) is 1. The monoisotopic (exact) mass is 440 g/mol. The zero-order valence-electron chi connectivity index (χ0n) is 22.1. The molecule has 1 N–H and O–H groups in total. The number of aliphatic hydroxyl groups is 1. The summed E-state index contributed by atoms with van der Waals surface area (Å²) in [4.78, 5) is 13.2. The third-order valence-corrected chi connectivity index (χ3v) is 12.7. The number of allylic oxidation sites excluding steroid dienone is 2. The van der Waals surface area contributed by atoms with Gasteiger partial charge < -0.3 is 5.11 Å². The lowest BCUT2D eigenvalue weighted by atomic mass is 9.33. The van der Waals surface area contributed by atoms with E-state index in [0.29, 0.717) is 34.9 Å². The van der Waals surface area contributed by atoms with Crippen molar-refractivity contribution in [1.29, 1.82) is 0 Å². The van der Waals surface area contributed by atoms with E-state index >= 15 is 0 Å². The summed E-state index contributed by atoms with van der Waals surface area (Å²) in [7, 11) is 0. The van der Waals surface area contributed by atoms with E-state index in [9.17, 15) is 9.90 Å². The topological polar surface area (TPSA) is 37.3 Å². The predicted molar refractivity (Wildman–Crippen MR) is 131 cm³/mol. The molecule has 5 rings (SSSR count). The van der Waals surface area contributed by atoms with E-state index in [0.717, 1.165) is 25.7 Å². The fourth-order valence-electron chi connectivity index (χ4n) is 10.9. The minimum absolute atomic E-state index is 0.0181. The van der Waals surface area contributed by atoms with Crippen LogP contribution in [0.1, 0.15) is 113 Å². The molecule has 2 heteroatoms. The third kappa shape index (κ3) is 2.60. The van der Waals surface area contributed by atoms with E-state index in [1.165, 1.54) is 37.7 Å². The van der Waals surface area contributed by atoms with Gasteiger partial charge in [-0.1, -0.05) is 61.0 Å². The van der Waals surface area contributed by atoms with E-state index in [4.69, 9.17) is 0 Å². The average Bonchev–Trinajstić information content (AvgIpc) is 2.96. The van der Waals surface area contributed by atoms with Gasteiger partial charge in [-0.15, -0.1) is 0 Å². The highest BCUT2D eigenvalue weighted by Crippen LogP contribution is 2.76. The van der Waals surface area contributed by atoms with Crippen LogP contribution in [0.5, 0.6) is 0 Å². The van der Waals surface area contributed by atoms with Gasteiger partial charge in [0.1, 0.15) is 0 Å². The third-order valence-electron chi connectivity index (χ3n) is 12.7. The Labute approximate surface area is 197 Å². The van der Waals surface area contributed by atoms with Crippen LogP contribution in [0.15, 0.2) is 11.1 Å². The first-order valence-electron chi connectivity index (χ1n) is 13.7. The maximum Gasteiger partial charge on any atom is 0.159 e. The molecule has 180 valence electrons. The number of fused-ring (bicyclic) bond motifs is 7. The van der Waals surface area contributed by atoms with Gasteiger partial charge in [-0.2, -0.15) is 0 Å². The van der Waals surface area contributed by atoms with Gasteiger partial charge in [0, 0.05) is 11.8 Å². The molecule has 0 heterocycles. The van der Waals surface area contributed by atoms with Crippen LogP contribution in [0.2, 0.25) is 0 Å². The second kappa shape index (κ2) is 6.73. The summed E-state index contributed by atoms with van der Waals surface area (Å²) in [6.07, 6.45) is 10.1. The Bertz CT molecular complexity index is 866. The Morgan fingerprint density at radius 2 is 1.50 bits per heavy atom. The number of carbonyl (C=O) groups excluding carboxylic acids is 1. The van der Waals surface area contributed by atoms with Gasteiger partial charge in [0.25, 0.3) is 0 Å². The summed E-state index contributed by atoms with van der Waals surface area (Å²) in [5, 5.41) is 11.5. The molecule has 0 aromatic heterocycles. The molecule has 32 heavy (non-hydrogen) atoms. The maximum atomic E-state index is 13.2. The quantitative estimate of drug-likeness (QED) is 0.463. The molecule has 5 aliphatic rings. The average molecular weight is 441 g/mol. The molecule has 4 saturated carbocycles. The molecule has 0 aromatic carbocycles. The maximum absolute atomic E-state index is 13.2. The summed E-state index contributed by atoms with van der Waals surface area (Å²) in [6.45, 7) is 19.5. The van der Waals surface area contributed by atoms with E-state index in [1.807, 2.05) is 0 Å². The molecule has 0 aliphatic heterocycles. The summed E-state index contributed by atoms with van der Waals surface area (Å²) in [6, 6.07) is 0. The second-order valence-corrected chi connectivity index (χ2v) is 14.7. The zero-order chi connectivity index (χ0) is 23.5. The van der Waals surface area contributed by atoms with Crippen molar-refractivity contribution in [3.05, 3.63) is 11.1 Å². The minimum atomic E-state index is -0.169. The number of rotatable bonds is 1. The van der Waals surface area contributed by atoms with Gasteiger partial charge in [0.05, 0.1) is 6.10 Å². The molecule has 0 saturated heterocycles. The number of ketones is 1. The SMILES string of the molecule is CC(C)C1=C2[C@H]3CC[C@@H]4[C@@]5(C)C(O)CCC(C)(C)[C@@H]5CC[C@@]4(C)[C@]3(C)CC[C@@]2(C)CC1=O. The molecule has 4 fully saturated rings. The Hall–Kier alpha value is -0.630. The first-order chi connectivity index (χ1) is 14.7. The lowest BCUT2D eigenvalue weighted by molar-refractivity contribution is -0.243. The van der Waals surface area contributed by atoms with Crippen molar-refractivity contribution in [2.45, 2.75) is 119 Å². The van der Waals surface area contributed by atoms with Crippen molar-refractivity contribution in [2.24, 2.45) is 50.7 Å². The molecule has 1 unspecified atom stereocenters. The van der Waals surface area contributed by atoms with Crippen molar-refractivity contribution < 1.29 is 9.90 Å². The van der Waals surface area contributed by atoms with Crippen molar-refractivity contribution >= 4 is 5.78 Å². The first kappa shape index (κ1) is 23.1. The van der Waals surface area contributed by atoms with E-state index in [1.54, 1.807) is 5.57 Å². The van der Waals surface area contributed by atoms with E-state index in [2.05, 4.69) is 55.4 Å². The van der Waals surface area contributed by atoms with Gasteiger partial charge in [-0.05, 0) is 102 Å². The lowest BCUT2D eigenvalue weighted by Crippen LogP contribution is -2.67. The van der Waals surface area contributed by atoms with Crippen LogP contribution in [-0.4, -0.2) is 17.0 Å². The molecule has 5 aliphatic carbocycles. The summed E-state index contributed by atoms with van der Waals surface area (Å²) in [5.41, 5.74) is 3.67. The molecular formula is C30H48O2. The molecule has 2 nitrogen and oxygen atoms in total. The largest absolute Gasteiger partial charge is 0.393 e. The molecule has 0 spiro atoms. The fourth-order valence-corrected chi connectivity index (χ4v) is 10.9. The first-order valence-corrected chi connectivity index (χ1v) is 13.7. The Kier molecular flexibility index (Phi) is 4.87. The number of carbonyl (C=O) groups is 1. The van der Waals surface area contributed by atoms with E-state index in [-0.39, 0.29) is 27.8 Å². The molecule has 0 aromatic rings. The van der Waals surface area contributed by atoms with Crippen molar-refractivity contribution in [3.8, 4) is 0 Å². The van der Waals surface area contributed by atoms with Crippen LogP contribution in [-0.2, 0) is 4.79 Å². The smallest absolute Gasteiger partial charge is 0.159 e. The van der Waals surface area contributed by atoms with Crippen molar-refractivity contribution in [2.75, 3.05) is 0 Å². The molecule has 0 bridgehead atoms. The van der Waals surface area contributed by atoms with Crippen molar-refractivity contribution in [3.63, 3.8) is 0 Å². The number of hydrogen-bond acceptors (Lipinski definition) is 2. The van der Waals surface area contributed by atoms with Gasteiger partial charge in [-0.3, -0.25) is 4.79 Å². The molecule has 0 amide bonds. The van der Waals surface area contributed by atoms with Gasteiger partial charge in [0.15, 0.2) is 5.78 Å². The minimum Gasteiger partial charge on any atom is -0.393 e. The second-order valence-electron chi connectivity index (χ2n) is 14.7. The number of aliphatic hydroxyl groups excluding tert-OH is 1. The lowest BCUT2D eigenvalue weighted by Gasteiger charge is -2.72. The van der Waals surface area contributed by atoms with Crippen LogP contribution >= 0.6 is 0 Å². The summed E-state index contributed by atoms with van der Waals surface area (Å²) < 4.78 is 0. The molecule has 8 atom stereocenters. The highest BCUT2D eigenvalue weighted by atomic mass is 16.3. The highest BCUT2D eigenvalue weighted by molar-refractivity contribution is 6.00. The standard InChI is InChI=1S/C30H48O2/c1-18(2)24-20(31)17-27(5)15-16-28(6)19(25(24)27)9-10-22-29(28,7)14-11-21-26(3,4)13-12-23(32)30(21,22)8/h18-19,21-23,32H,9-17H2,1-8H3/t19-,21+,22+,23?,27+,28-,29-,30+/m1/s1. The predicted octanol–water partition coefficient (Wildman–Crippen LogP) is 7.35. The molecular weight excluding hydrogens is 392 g/mol. The van der Waals surface area contributed by atoms with Crippen molar-refractivity contribution in [1.82, 2.24) is 0 Å². The zero-order valence-corrected chi connectivity index (χ0v) is 22.1. The van der Waals surface area contributed by atoms with Gasteiger partial charge in [0.2, 0.25) is 0 Å². The van der Waals surface area contributed by atoms with Gasteiger partial charge in [-0.25, -0.2) is 0 Å². The molecule has 0 radical (unpaired) electrons. The summed E-state index contributed by atoms with van der Waals surface area (Å²) in [5.74, 6) is 2.51. The van der Waals surface area contributed by atoms with E-state index < -0.39 is 0 Å².